The van der Waals surface area contributed by atoms with Crippen LogP contribution in [-0.4, -0.2) is 17.9 Å². The Morgan fingerprint density at radius 1 is 1.33 bits per heavy atom. The number of non-ortho nitro benzene ring substituents is 1. The first-order chi connectivity index (χ1) is 6.32. The van der Waals surface area contributed by atoms with Gasteiger partial charge in [-0.05, 0) is 6.07 Å². The Hall–Kier alpha value is -0.540. The van der Waals surface area contributed by atoms with Crippen molar-refractivity contribution in [1.82, 2.24) is 0 Å². The third-order valence-corrected chi connectivity index (χ3v) is 2.27. The van der Waals surface area contributed by atoms with Crippen molar-refractivity contribution in [3.05, 3.63) is 34.1 Å². The third kappa shape index (κ3) is 3.50. The zero-order chi connectivity index (χ0) is 10.9. The van der Waals surface area contributed by atoms with Crippen molar-refractivity contribution in [2.24, 2.45) is 0 Å². The molecule has 1 aromatic rings. The summed E-state index contributed by atoms with van der Waals surface area (Å²) in [6, 6.07) is 1.69. The molecule has 0 heterocycles. The van der Waals surface area contributed by atoms with Crippen LogP contribution in [0.4, 0.5) is 10.1 Å². The summed E-state index contributed by atoms with van der Waals surface area (Å²) < 4.78 is 43.9. The Kier molecular flexibility index (Phi) is 4.81. The molecule has 0 atom stereocenters. The molecule has 0 aromatic heterocycles. The zero-order valence-corrected chi connectivity index (χ0v) is 10.3. The molecule has 1 aromatic carbocycles. The molecule has 15 heavy (non-hydrogen) atoms. The number of hydrogen-bond acceptors (Lipinski definition) is 5. The zero-order valence-electron chi connectivity index (χ0n) is 7.51. The molecule has 0 bridgehead atoms. The van der Waals surface area contributed by atoms with Gasteiger partial charge < -0.3 is 4.55 Å². The summed E-state index contributed by atoms with van der Waals surface area (Å²) in [4.78, 5) is 8.13. The van der Waals surface area contributed by atoms with E-state index in [1.54, 1.807) is 0 Å². The standard InChI is InChI=1S/C6H4FNO5S.Na/c7-5-3-4(8(9)10)1-2-6(5)14(11,12)13;/h1-3H,(H,11,12,13);/q;+1/p-1. The number of halogens is 1. The van der Waals surface area contributed by atoms with Crippen LogP contribution in [0.25, 0.3) is 0 Å². The first-order valence-electron chi connectivity index (χ1n) is 3.22. The fraction of sp³-hybridized carbons (Fsp3) is 0. The van der Waals surface area contributed by atoms with Crippen molar-refractivity contribution in [3.8, 4) is 0 Å². The van der Waals surface area contributed by atoms with Gasteiger partial charge in [0.25, 0.3) is 5.69 Å². The number of rotatable bonds is 2. The number of benzene rings is 1. The largest absolute Gasteiger partial charge is 1.00 e. The number of nitrogens with zero attached hydrogens (tertiary/aromatic N) is 1. The first kappa shape index (κ1) is 14.5. The van der Waals surface area contributed by atoms with Gasteiger partial charge in [-0.15, -0.1) is 0 Å². The summed E-state index contributed by atoms with van der Waals surface area (Å²) in [6.07, 6.45) is 0. The van der Waals surface area contributed by atoms with Crippen molar-refractivity contribution < 1.29 is 51.8 Å². The molecule has 1 rings (SSSR count). The Labute approximate surface area is 106 Å². The second-order valence-corrected chi connectivity index (χ2v) is 3.67. The van der Waals surface area contributed by atoms with Gasteiger partial charge in [-0.1, -0.05) is 0 Å². The minimum atomic E-state index is -4.92. The van der Waals surface area contributed by atoms with Crippen molar-refractivity contribution >= 4 is 15.8 Å². The third-order valence-electron chi connectivity index (χ3n) is 1.40. The molecule has 9 heteroatoms. The monoisotopic (exact) mass is 243 g/mol. The molecule has 0 aliphatic rings. The summed E-state index contributed by atoms with van der Waals surface area (Å²) in [6.45, 7) is 0. The van der Waals surface area contributed by atoms with E-state index in [9.17, 15) is 27.5 Å². The maximum absolute atomic E-state index is 12.8. The molecule has 0 amide bonds. The van der Waals surface area contributed by atoms with E-state index >= 15 is 0 Å². The van der Waals surface area contributed by atoms with Gasteiger partial charge in [-0.25, -0.2) is 12.8 Å². The summed E-state index contributed by atoms with van der Waals surface area (Å²) in [5, 5.41) is 10.1. The molecular weight excluding hydrogens is 240 g/mol. The Bertz CT molecular complexity index is 488. The fourth-order valence-corrected chi connectivity index (χ4v) is 1.34. The van der Waals surface area contributed by atoms with Crippen LogP contribution in [0.1, 0.15) is 0 Å². The van der Waals surface area contributed by atoms with Crippen LogP contribution in [0.15, 0.2) is 23.1 Å². The molecule has 0 fully saturated rings. The van der Waals surface area contributed by atoms with Gasteiger partial charge in [-0.2, -0.15) is 0 Å². The minimum Gasteiger partial charge on any atom is -0.744 e. The van der Waals surface area contributed by atoms with Gasteiger partial charge in [0, 0.05) is 6.07 Å². The Morgan fingerprint density at radius 2 is 1.87 bits per heavy atom. The smallest absolute Gasteiger partial charge is 0.744 e. The van der Waals surface area contributed by atoms with Crippen LogP contribution in [0.3, 0.4) is 0 Å². The molecule has 0 saturated carbocycles. The molecule has 0 spiro atoms. The van der Waals surface area contributed by atoms with E-state index < -0.39 is 31.4 Å². The molecule has 76 valence electrons. The van der Waals surface area contributed by atoms with Crippen LogP contribution < -0.4 is 29.6 Å². The summed E-state index contributed by atoms with van der Waals surface area (Å²) in [7, 11) is -4.92. The van der Waals surface area contributed by atoms with Crippen molar-refractivity contribution in [3.63, 3.8) is 0 Å². The normalized spacial score (nSPS) is 10.5. The van der Waals surface area contributed by atoms with E-state index in [2.05, 4.69) is 0 Å². The van der Waals surface area contributed by atoms with E-state index in [4.69, 9.17) is 0 Å². The van der Waals surface area contributed by atoms with Crippen molar-refractivity contribution in [1.29, 1.82) is 0 Å². The Morgan fingerprint density at radius 3 is 2.20 bits per heavy atom. The van der Waals surface area contributed by atoms with Crippen molar-refractivity contribution in [2.75, 3.05) is 0 Å². The molecular formula is C6H3FNNaO5S. The van der Waals surface area contributed by atoms with Gasteiger partial charge in [0.2, 0.25) is 0 Å². The topological polar surface area (TPSA) is 100 Å². The van der Waals surface area contributed by atoms with E-state index in [0.717, 1.165) is 6.07 Å². The maximum atomic E-state index is 12.8. The van der Waals surface area contributed by atoms with Crippen LogP contribution >= 0.6 is 0 Å². The fourth-order valence-electron chi connectivity index (χ4n) is 0.806. The van der Waals surface area contributed by atoms with Gasteiger partial charge >= 0.3 is 29.6 Å². The van der Waals surface area contributed by atoms with Crippen LogP contribution in [0.2, 0.25) is 0 Å². The van der Waals surface area contributed by atoms with Gasteiger partial charge in [0.05, 0.1) is 15.9 Å². The molecule has 0 aliphatic carbocycles. The van der Waals surface area contributed by atoms with Crippen LogP contribution in [0, 0.1) is 15.9 Å². The number of hydrogen-bond donors (Lipinski definition) is 0. The van der Waals surface area contributed by atoms with Gasteiger partial charge in [0.15, 0.2) is 0 Å². The van der Waals surface area contributed by atoms with E-state index in [1.807, 2.05) is 0 Å². The van der Waals surface area contributed by atoms with Crippen LogP contribution in [0.5, 0.6) is 0 Å². The second-order valence-electron chi connectivity index (χ2n) is 2.33. The quantitative estimate of drug-likeness (QED) is 0.250. The minimum absolute atomic E-state index is 0. The van der Waals surface area contributed by atoms with Crippen molar-refractivity contribution in [2.45, 2.75) is 4.90 Å². The first-order valence-corrected chi connectivity index (χ1v) is 4.63. The summed E-state index contributed by atoms with van der Waals surface area (Å²) >= 11 is 0. The molecule has 6 nitrogen and oxygen atoms in total. The molecule has 0 unspecified atom stereocenters. The molecule has 0 N–H and O–H groups in total. The average molecular weight is 243 g/mol. The predicted octanol–water partition coefficient (Wildman–Crippen LogP) is -2.36. The van der Waals surface area contributed by atoms with Gasteiger partial charge in [0.1, 0.15) is 15.9 Å². The second kappa shape index (κ2) is 4.99. The van der Waals surface area contributed by atoms with E-state index in [1.165, 1.54) is 0 Å². The van der Waals surface area contributed by atoms with E-state index in [0.29, 0.717) is 12.1 Å². The van der Waals surface area contributed by atoms with Crippen LogP contribution in [-0.2, 0) is 10.1 Å². The number of nitro groups is 1. The molecule has 0 saturated heterocycles. The summed E-state index contributed by atoms with van der Waals surface area (Å²) in [5.41, 5.74) is -0.616. The average Bonchev–Trinajstić information content (AvgIpc) is 2.01. The van der Waals surface area contributed by atoms with E-state index in [-0.39, 0.29) is 29.6 Å². The SMILES string of the molecule is O=[N+]([O-])c1ccc(S(=O)(=O)[O-])c(F)c1.[Na+]. The van der Waals surface area contributed by atoms with Gasteiger partial charge in [-0.3, -0.25) is 10.1 Å². The molecule has 0 radical (unpaired) electrons. The summed E-state index contributed by atoms with van der Waals surface area (Å²) in [5.74, 6) is -1.42. The maximum Gasteiger partial charge on any atom is 1.00 e. The number of nitro benzene ring substituents is 1. The Balaban J connectivity index is 0.00000196. The molecule has 0 aliphatic heterocycles. The predicted molar refractivity (Wildman–Crippen MR) is 41.0 cm³/mol.